The molecule has 114 valence electrons. The lowest BCUT2D eigenvalue weighted by Gasteiger charge is -2.09. The Balaban J connectivity index is 1.57. The molecule has 0 aliphatic heterocycles. The van der Waals surface area contributed by atoms with Crippen LogP contribution in [0.5, 0.6) is 11.5 Å². The maximum atomic E-state index is 6.11. The summed E-state index contributed by atoms with van der Waals surface area (Å²) in [5, 5.41) is 7.28. The molecule has 0 atom stereocenters. The van der Waals surface area contributed by atoms with Gasteiger partial charge in [0.25, 0.3) is 0 Å². The number of rotatable bonds is 9. The minimum Gasteiger partial charge on any atom is -0.497 e. The van der Waals surface area contributed by atoms with Crippen LogP contribution in [0.15, 0.2) is 24.5 Å². The molecule has 2 aromatic rings. The van der Waals surface area contributed by atoms with E-state index in [4.69, 9.17) is 21.1 Å². The first-order valence-corrected chi connectivity index (χ1v) is 7.48. The summed E-state index contributed by atoms with van der Waals surface area (Å²) in [6.07, 6.45) is 6.90. The maximum absolute atomic E-state index is 6.11. The van der Waals surface area contributed by atoms with Gasteiger partial charge in [0.1, 0.15) is 23.7 Å². The third kappa shape index (κ3) is 5.27. The van der Waals surface area contributed by atoms with E-state index in [9.17, 15) is 0 Å². The van der Waals surface area contributed by atoms with Crippen LogP contribution < -0.4 is 9.47 Å². The van der Waals surface area contributed by atoms with Crippen LogP contribution >= 0.6 is 11.6 Å². The normalized spacial score (nSPS) is 10.6. The third-order valence-electron chi connectivity index (χ3n) is 3.17. The van der Waals surface area contributed by atoms with Gasteiger partial charge in [-0.25, -0.2) is 4.98 Å². The zero-order chi connectivity index (χ0) is 14.9. The Kier molecular flexibility index (Phi) is 6.34. The second-order valence-corrected chi connectivity index (χ2v) is 5.15. The van der Waals surface area contributed by atoms with Crippen molar-refractivity contribution >= 4 is 11.6 Å². The Hall–Kier alpha value is -1.75. The zero-order valence-corrected chi connectivity index (χ0v) is 12.9. The molecule has 0 bridgehead atoms. The Bertz CT molecular complexity index is 532. The molecule has 6 heteroatoms. The fourth-order valence-electron chi connectivity index (χ4n) is 2.01. The van der Waals surface area contributed by atoms with Gasteiger partial charge in [-0.05, 0) is 25.0 Å². The predicted octanol–water partition coefficient (Wildman–Crippen LogP) is 3.65. The highest BCUT2D eigenvalue weighted by Crippen LogP contribution is 2.28. The zero-order valence-electron chi connectivity index (χ0n) is 12.1. The molecule has 0 fully saturated rings. The molecule has 1 N–H and O–H groups in total. The van der Waals surface area contributed by atoms with Gasteiger partial charge >= 0.3 is 0 Å². The number of nitrogens with zero attached hydrogens (tertiary/aromatic N) is 2. The Morgan fingerprint density at radius 2 is 2.05 bits per heavy atom. The topological polar surface area (TPSA) is 60.0 Å². The predicted molar refractivity (Wildman–Crippen MR) is 82.1 cm³/mol. The number of hydrogen-bond acceptors (Lipinski definition) is 4. The fraction of sp³-hybridized carbons (Fsp3) is 0.467. The molecule has 21 heavy (non-hydrogen) atoms. The summed E-state index contributed by atoms with van der Waals surface area (Å²) in [6.45, 7) is 0.675. The van der Waals surface area contributed by atoms with E-state index in [0.717, 1.165) is 43.7 Å². The number of aromatic amines is 1. The number of ether oxygens (including phenoxy) is 2. The van der Waals surface area contributed by atoms with Crippen molar-refractivity contribution in [3.8, 4) is 11.5 Å². The van der Waals surface area contributed by atoms with Crippen LogP contribution in [-0.4, -0.2) is 28.9 Å². The van der Waals surface area contributed by atoms with Gasteiger partial charge in [0.2, 0.25) is 0 Å². The van der Waals surface area contributed by atoms with Crippen molar-refractivity contribution in [3.63, 3.8) is 0 Å². The molecule has 0 aliphatic carbocycles. The lowest BCUT2D eigenvalue weighted by atomic mass is 10.1. The van der Waals surface area contributed by atoms with Crippen molar-refractivity contribution in [2.24, 2.45) is 0 Å². The van der Waals surface area contributed by atoms with E-state index in [-0.39, 0.29) is 0 Å². The molecule has 5 nitrogen and oxygen atoms in total. The van der Waals surface area contributed by atoms with Gasteiger partial charge < -0.3 is 9.47 Å². The summed E-state index contributed by atoms with van der Waals surface area (Å²) in [7, 11) is 1.62. The molecule has 1 aromatic heterocycles. The van der Waals surface area contributed by atoms with E-state index in [0.29, 0.717) is 17.4 Å². The summed E-state index contributed by atoms with van der Waals surface area (Å²) in [4.78, 5) is 4.10. The monoisotopic (exact) mass is 309 g/mol. The van der Waals surface area contributed by atoms with Crippen molar-refractivity contribution in [1.82, 2.24) is 15.2 Å². The number of hydrogen-bond donors (Lipinski definition) is 1. The molecule has 1 aromatic carbocycles. The minimum atomic E-state index is 0.583. The molecule has 0 saturated heterocycles. The van der Waals surface area contributed by atoms with Gasteiger partial charge in [-0.2, -0.15) is 5.10 Å². The summed E-state index contributed by atoms with van der Waals surface area (Å²) in [6, 6.07) is 5.44. The molecule has 0 radical (unpaired) electrons. The highest BCUT2D eigenvalue weighted by atomic mass is 35.5. The lowest BCUT2D eigenvalue weighted by molar-refractivity contribution is 0.304. The molecule has 0 amide bonds. The average Bonchev–Trinajstić information content (AvgIpc) is 3.01. The number of halogens is 1. The number of nitrogens with one attached hydrogen (secondary N) is 1. The number of benzene rings is 1. The molecular formula is C15H20ClN3O2. The highest BCUT2D eigenvalue weighted by molar-refractivity contribution is 6.32. The van der Waals surface area contributed by atoms with Crippen LogP contribution in [0.1, 0.15) is 31.5 Å². The van der Waals surface area contributed by atoms with Gasteiger partial charge in [-0.1, -0.05) is 24.4 Å². The molecule has 2 rings (SSSR count). The first-order chi connectivity index (χ1) is 10.3. The Morgan fingerprint density at radius 1 is 1.19 bits per heavy atom. The Labute approximate surface area is 129 Å². The van der Waals surface area contributed by atoms with Crippen molar-refractivity contribution in [2.75, 3.05) is 13.7 Å². The standard InChI is InChI=1S/C15H20ClN3O2/c1-20-12-7-8-14(13(16)10-12)21-9-5-3-2-4-6-15-17-11-18-19-15/h7-8,10-11H,2-6,9H2,1H3,(H,17,18,19). The summed E-state index contributed by atoms with van der Waals surface area (Å²) in [5.41, 5.74) is 0. The van der Waals surface area contributed by atoms with Crippen LogP contribution in [0.4, 0.5) is 0 Å². The molecule has 0 aliphatic rings. The van der Waals surface area contributed by atoms with Crippen LogP contribution in [0.25, 0.3) is 0 Å². The van der Waals surface area contributed by atoms with E-state index < -0.39 is 0 Å². The van der Waals surface area contributed by atoms with Gasteiger partial charge in [-0.3, -0.25) is 5.10 Å². The van der Waals surface area contributed by atoms with Crippen molar-refractivity contribution in [1.29, 1.82) is 0 Å². The summed E-state index contributed by atoms with van der Waals surface area (Å²) < 4.78 is 10.8. The van der Waals surface area contributed by atoms with Crippen LogP contribution in [-0.2, 0) is 6.42 Å². The van der Waals surface area contributed by atoms with Gasteiger partial charge in [0.05, 0.1) is 18.7 Å². The smallest absolute Gasteiger partial charge is 0.138 e. The quantitative estimate of drug-likeness (QED) is 0.718. The van der Waals surface area contributed by atoms with E-state index in [1.165, 1.54) is 0 Å². The molecule has 0 saturated carbocycles. The number of aromatic nitrogens is 3. The van der Waals surface area contributed by atoms with Crippen LogP contribution in [0, 0.1) is 0 Å². The van der Waals surface area contributed by atoms with E-state index in [1.54, 1.807) is 19.5 Å². The third-order valence-corrected chi connectivity index (χ3v) is 3.46. The van der Waals surface area contributed by atoms with Gasteiger partial charge in [0.15, 0.2) is 0 Å². The number of aryl methyl sites for hydroxylation is 1. The molecule has 0 spiro atoms. The maximum Gasteiger partial charge on any atom is 0.138 e. The Morgan fingerprint density at radius 3 is 2.76 bits per heavy atom. The van der Waals surface area contributed by atoms with Crippen molar-refractivity contribution in [2.45, 2.75) is 32.1 Å². The SMILES string of the molecule is COc1ccc(OCCCCCCc2ncn[nH]2)c(Cl)c1. The largest absolute Gasteiger partial charge is 0.497 e. The second-order valence-electron chi connectivity index (χ2n) is 4.74. The van der Waals surface area contributed by atoms with Crippen LogP contribution in [0.3, 0.4) is 0 Å². The van der Waals surface area contributed by atoms with Gasteiger partial charge in [0, 0.05) is 12.5 Å². The van der Waals surface area contributed by atoms with Crippen molar-refractivity contribution < 1.29 is 9.47 Å². The molecule has 1 heterocycles. The minimum absolute atomic E-state index is 0.583. The van der Waals surface area contributed by atoms with E-state index >= 15 is 0 Å². The number of H-pyrrole nitrogens is 1. The average molecular weight is 310 g/mol. The summed E-state index contributed by atoms with van der Waals surface area (Å²) >= 11 is 6.11. The number of methoxy groups -OCH3 is 1. The second kappa shape index (κ2) is 8.52. The number of unbranched alkanes of at least 4 members (excludes halogenated alkanes) is 3. The fourth-order valence-corrected chi connectivity index (χ4v) is 2.23. The van der Waals surface area contributed by atoms with Gasteiger partial charge in [-0.15, -0.1) is 0 Å². The first-order valence-electron chi connectivity index (χ1n) is 7.10. The lowest BCUT2D eigenvalue weighted by Crippen LogP contribution is -1.98. The van der Waals surface area contributed by atoms with Crippen LogP contribution in [0.2, 0.25) is 5.02 Å². The molecular weight excluding hydrogens is 290 g/mol. The highest BCUT2D eigenvalue weighted by Gasteiger charge is 2.03. The van der Waals surface area contributed by atoms with Crippen molar-refractivity contribution in [3.05, 3.63) is 35.4 Å². The van der Waals surface area contributed by atoms with E-state index in [2.05, 4.69) is 15.2 Å². The summed E-state index contributed by atoms with van der Waals surface area (Å²) in [5.74, 6) is 2.40. The first kappa shape index (κ1) is 15.6. The van der Waals surface area contributed by atoms with E-state index in [1.807, 2.05) is 12.1 Å². The molecule has 0 unspecified atom stereocenters.